The lowest BCUT2D eigenvalue weighted by molar-refractivity contribution is -0.142. The first kappa shape index (κ1) is 23.1. The van der Waals surface area contributed by atoms with Gasteiger partial charge in [0.15, 0.2) is 6.61 Å². The molecule has 0 aliphatic heterocycles. The topological polar surface area (TPSA) is 58.6 Å². The molecule has 3 aromatic rings. The second-order valence-corrected chi connectivity index (χ2v) is 7.88. The van der Waals surface area contributed by atoms with Crippen LogP contribution in [-0.2, 0) is 22.6 Å². The monoisotopic (exact) mass is 430 g/mol. The van der Waals surface area contributed by atoms with Gasteiger partial charge in [-0.25, -0.2) is 0 Å². The van der Waals surface area contributed by atoms with Gasteiger partial charge in [0.25, 0.3) is 5.91 Å². The van der Waals surface area contributed by atoms with Crippen molar-refractivity contribution in [3.8, 4) is 5.75 Å². The summed E-state index contributed by atoms with van der Waals surface area (Å²) >= 11 is 0. The summed E-state index contributed by atoms with van der Waals surface area (Å²) in [5.74, 6) is 0.223. The average molecular weight is 431 g/mol. The van der Waals surface area contributed by atoms with E-state index in [0.717, 1.165) is 22.3 Å². The lowest BCUT2D eigenvalue weighted by Crippen LogP contribution is -2.51. The van der Waals surface area contributed by atoms with E-state index < -0.39 is 6.04 Å². The van der Waals surface area contributed by atoms with Crippen LogP contribution in [0.4, 0.5) is 0 Å². The molecule has 0 fully saturated rings. The zero-order valence-corrected chi connectivity index (χ0v) is 18.9. The Morgan fingerprint density at radius 1 is 0.906 bits per heavy atom. The zero-order valence-electron chi connectivity index (χ0n) is 18.9. The van der Waals surface area contributed by atoms with Gasteiger partial charge in [-0.2, -0.15) is 0 Å². The predicted molar refractivity (Wildman–Crippen MR) is 126 cm³/mol. The van der Waals surface area contributed by atoms with Gasteiger partial charge in [0.2, 0.25) is 5.91 Å². The maximum atomic E-state index is 13.4. The van der Waals surface area contributed by atoms with Crippen molar-refractivity contribution in [2.45, 2.75) is 32.9 Å². The number of likely N-dealkylation sites (N-methyl/N-ethyl adjacent to an activating group) is 1. The van der Waals surface area contributed by atoms with Crippen molar-refractivity contribution < 1.29 is 14.3 Å². The quantitative estimate of drug-likeness (QED) is 0.557. The Labute approximate surface area is 190 Å². The fourth-order valence-corrected chi connectivity index (χ4v) is 3.67. The second kappa shape index (κ2) is 11.1. The van der Waals surface area contributed by atoms with Gasteiger partial charge < -0.3 is 15.0 Å². The van der Waals surface area contributed by atoms with Crippen LogP contribution in [0.1, 0.15) is 22.3 Å². The molecule has 3 aromatic carbocycles. The zero-order chi connectivity index (χ0) is 22.9. The number of hydrogen-bond donors (Lipinski definition) is 1. The first-order valence-electron chi connectivity index (χ1n) is 10.8. The second-order valence-electron chi connectivity index (χ2n) is 7.88. The van der Waals surface area contributed by atoms with Gasteiger partial charge in [0.05, 0.1) is 0 Å². The van der Waals surface area contributed by atoms with Crippen molar-refractivity contribution in [1.29, 1.82) is 0 Å². The molecule has 166 valence electrons. The molecule has 3 rings (SSSR count). The number of carbonyl (C=O) groups excluding carboxylic acids is 2. The van der Waals surface area contributed by atoms with E-state index in [1.807, 2.05) is 92.7 Å². The Morgan fingerprint density at radius 3 is 2.28 bits per heavy atom. The number of hydrogen-bond acceptors (Lipinski definition) is 3. The summed E-state index contributed by atoms with van der Waals surface area (Å²) in [5, 5.41) is 2.73. The van der Waals surface area contributed by atoms with Crippen LogP contribution in [0.15, 0.2) is 78.9 Å². The Hall–Kier alpha value is -3.60. The van der Waals surface area contributed by atoms with Crippen molar-refractivity contribution in [3.05, 3.63) is 101 Å². The minimum Gasteiger partial charge on any atom is -0.484 e. The van der Waals surface area contributed by atoms with E-state index in [4.69, 9.17) is 4.74 Å². The molecule has 0 spiro atoms. The van der Waals surface area contributed by atoms with Crippen molar-refractivity contribution >= 4 is 11.8 Å². The van der Waals surface area contributed by atoms with Crippen molar-refractivity contribution in [2.75, 3.05) is 13.7 Å². The molecule has 2 amide bonds. The Balaban J connectivity index is 1.88. The molecular formula is C27H30N2O3. The number of para-hydroxylation sites is 1. The molecule has 0 aliphatic rings. The molecule has 1 N–H and O–H groups in total. The van der Waals surface area contributed by atoms with E-state index in [2.05, 4.69) is 5.32 Å². The third-order valence-electron chi connectivity index (χ3n) is 5.40. The van der Waals surface area contributed by atoms with E-state index in [1.165, 1.54) is 0 Å². The Morgan fingerprint density at radius 2 is 1.59 bits per heavy atom. The van der Waals surface area contributed by atoms with Gasteiger partial charge in [-0.1, -0.05) is 78.4 Å². The molecule has 32 heavy (non-hydrogen) atoms. The summed E-state index contributed by atoms with van der Waals surface area (Å²) in [5.41, 5.74) is 4.02. The van der Waals surface area contributed by atoms with Gasteiger partial charge >= 0.3 is 0 Å². The Kier molecular flexibility index (Phi) is 8.03. The number of rotatable bonds is 9. The summed E-state index contributed by atoms with van der Waals surface area (Å²) in [6.45, 7) is 4.13. The van der Waals surface area contributed by atoms with Crippen molar-refractivity contribution in [3.63, 3.8) is 0 Å². The van der Waals surface area contributed by atoms with E-state index in [9.17, 15) is 9.59 Å². The van der Waals surface area contributed by atoms with Crippen LogP contribution in [0.2, 0.25) is 0 Å². The summed E-state index contributed by atoms with van der Waals surface area (Å²) in [7, 11) is 1.60. The number of ether oxygens (including phenoxy) is 1. The van der Waals surface area contributed by atoms with E-state index in [0.29, 0.717) is 18.7 Å². The SMILES string of the molecule is CNC(=O)[C@H](Cc1ccccc1)N(Cc1cccc(C)c1)C(=O)COc1ccccc1C. The maximum Gasteiger partial charge on any atom is 0.261 e. The van der Waals surface area contributed by atoms with Crippen LogP contribution >= 0.6 is 0 Å². The molecule has 0 saturated carbocycles. The number of carbonyl (C=O) groups is 2. The van der Waals surface area contributed by atoms with E-state index in [1.54, 1.807) is 11.9 Å². The summed E-state index contributed by atoms with van der Waals surface area (Å²) in [6, 6.07) is 24.6. The highest BCUT2D eigenvalue weighted by Crippen LogP contribution is 2.19. The molecule has 0 unspecified atom stereocenters. The fourth-order valence-electron chi connectivity index (χ4n) is 3.67. The van der Waals surface area contributed by atoms with E-state index >= 15 is 0 Å². The molecular weight excluding hydrogens is 400 g/mol. The third-order valence-corrected chi connectivity index (χ3v) is 5.40. The molecule has 5 heteroatoms. The van der Waals surface area contributed by atoms with Gasteiger partial charge in [-0.3, -0.25) is 9.59 Å². The van der Waals surface area contributed by atoms with Gasteiger partial charge in [0.1, 0.15) is 11.8 Å². The minimum atomic E-state index is -0.657. The fraction of sp³-hybridized carbons (Fsp3) is 0.259. The molecule has 0 aliphatic carbocycles. The largest absolute Gasteiger partial charge is 0.484 e. The lowest BCUT2D eigenvalue weighted by Gasteiger charge is -2.31. The van der Waals surface area contributed by atoms with Crippen molar-refractivity contribution in [2.24, 2.45) is 0 Å². The highest BCUT2D eigenvalue weighted by molar-refractivity contribution is 5.88. The highest BCUT2D eigenvalue weighted by Gasteiger charge is 2.30. The summed E-state index contributed by atoms with van der Waals surface area (Å²) in [6.07, 6.45) is 0.419. The van der Waals surface area contributed by atoms with Crippen LogP contribution in [-0.4, -0.2) is 36.4 Å². The molecule has 0 saturated heterocycles. The van der Waals surface area contributed by atoms with Gasteiger partial charge in [-0.05, 0) is 36.6 Å². The first-order valence-corrected chi connectivity index (χ1v) is 10.8. The molecule has 0 aromatic heterocycles. The molecule has 0 heterocycles. The Bertz CT molecular complexity index is 1050. The number of aryl methyl sites for hydroxylation is 2. The minimum absolute atomic E-state index is 0.140. The van der Waals surface area contributed by atoms with Crippen LogP contribution in [0.25, 0.3) is 0 Å². The predicted octanol–water partition coefficient (Wildman–Crippen LogP) is 4.07. The first-order chi connectivity index (χ1) is 15.5. The highest BCUT2D eigenvalue weighted by atomic mass is 16.5. The number of nitrogens with zero attached hydrogens (tertiary/aromatic N) is 1. The molecule has 0 bridgehead atoms. The molecule has 0 radical (unpaired) electrons. The average Bonchev–Trinajstić information content (AvgIpc) is 2.81. The molecule has 5 nitrogen and oxygen atoms in total. The smallest absolute Gasteiger partial charge is 0.261 e. The third kappa shape index (κ3) is 6.20. The number of benzene rings is 3. The van der Waals surface area contributed by atoms with Crippen molar-refractivity contribution in [1.82, 2.24) is 10.2 Å². The number of amides is 2. The van der Waals surface area contributed by atoms with Crippen LogP contribution in [0.3, 0.4) is 0 Å². The van der Waals surface area contributed by atoms with E-state index in [-0.39, 0.29) is 18.4 Å². The standard InChI is InChI=1S/C27H30N2O3/c1-20-10-9-14-23(16-20)18-29(26(30)19-32-25-15-8-7-11-21(25)2)24(27(31)28-3)17-22-12-5-4-6-13-22/h4-16,24H,17-19H2,1-3H3,(H,28,31)/t24-/m0/s1. The van der Waals surface area contributed by atoms with Crippen LogP contribution in [0.5, 0.6) is 5.75 Å². The lowest BCUT2D eigenvalue weighted by atomic mass is 10.0. The summed E-state index contributed by atoms with van der Waals surface area (Å²) < 4.78 is 5.83. The maximum absolute atomic E-state index is 13.4. The number of nitrogens with one attached hydrogen (secondary N) is 1. The summed E-state index contributed by atoms with van der Waals surface area (Å²) in [4.78, 5) is 27.9. The van der Waals surface area contributed by atoms with Gasteiger partial charge in [-0.15, -0.1) is 0 Å². The van der Waals surface area contributed by atoms with Crippen LogP contribution in [0, 0.1) is 13.8 Å². The molecule has 1 atom stereocenters. The van der Waals surface area contributed by atoms with Gasteiger partial charge in [0, 0.05) is 20.0 Å². The normalized spacial score (nSPS) is 11.5. The van der Waals surface area contributed by atoms with Crippen LogP contribution < -0.4 is 10.1 Å².